The van der Waals surface area contributed by atoms with E-state index in [0.29, 0.717) is 6.42 Å². The van der Waals surface area contributed by atoms with Gasteiger partial charge in [0.2, 0.25) is 0 Å². The number of phosphoric ester groups is 1. The van der Waals surface area contributed by atoms with E-state index in [4.69, 9.17) is 25.2 Å². The second-order valence-electron chi connectivity index (χ2n) is 6.05. The number of nitrogens with zero attached hydrogens (tertiary/aromatic N) is 2. The second-order valence-corrected chi connectivity index (χ2v) is 10.5. The number of rotatable bonds is 9. The summed E-state index contributed by atoms with van der Waals surface area (Å²) in [5, 5.41) is 0. The largest absolute Gasteiger partial charge is 0.490 e. The Morgan fingerprint density at radius 1 is 1.28 bits per heavy atom. The van der Waals surface area contributed by atoms with Crippen molar-refractivity contribution in [2.45, 2.75) is 38.0 Å². The fraction of sp³-hybridized carbons (Fsp3) is 0.636. The molecule has 0 bridgehead atoms. The molecule has 15 nitrogen and oxygen atoms in total. The van der Waals surface area contributed by atoms with E-state index in [-0.39, 0.29) is 18.7 Å². The van der Waals surface area contributed by atoms with Gasteiger partial charge in [-0.1, -0.05) is 6.92 Å². The molecule has 2 unspecified atom stereocenters. The third kappa shape index (κ3) is 7.06. The first kappa shape index (κ1) is 24.3. The van der Waals surface area contributed by atoms with Crippen LogP contribution in [0.2, 0.25) is 0 Å². The molecule has 29 heavy (non-hydrogen) atoms. The molecule has 0 amide bonds. The van der Waals surface area contributed by atoms with Crippen molar-refractivity contribution in [3.63, 3.8) is 0 Å². The monoisotopic (exact) mass is 479 g/mol. The maximum absolute atomic E-state index is 11.9. The van der Waals surface area contributed by atoms with E-state index in [1.54, 1.807) is 6.92 Å². The van der Waals surface area contributed by atoms with Gasteiger partial charge in [0.05, 0.1) is 12.2 Å². The molecule has 6 N–H and O–H groups in total. The van der Waals surface area contributed by atoms with Crippen LogP contribution >= 0.6 is 23.5 Å². The van der Waals surface area contributed by atoms with Gasteiger partial charge in [-0.25, -0.2) is 18.5 Å². The molecule has 0 aromatic carbocycles. The van der Waals surface area contributed by atoms with Crippen LogP contribution in [0.5, 0.6) is 0 Å². The third-order valence-electron chi connectivity index (χ3n) is 3.95. The van der Waals surface area contributed by atoms with Crippen molar-refractivity contribution in [1.82, 2.24) is 9.55 Å². The number of aromatic nitrogens is 2. The first-order valence-electron chi connectivity index (χ1n) is 7.97. The van der Waals surface area contributed by atoms with Gasteiger partial charge in [-0.05, 0) is 25.3 Å². The predicted molar refractivity (Wildman–Crippen MR) is 95.1 cm³/mol. The highest BCUT2D eigenvalue weighted by Crippen LogP contribution is 2.66. The van der Waals surface area contributed by atoms with Crippen LogP contribution in [0.15, 0.2) is 17.1 Å². The Balaban J connectivity index is 2.06. The molecule has 1 aliphatic rings. The molecular weight excluding hydrogens is 459 g/mol. The first-order chi connectivity index (χ1) is 13.2. The van der Waals surface area contributed by atoms with Crippen molar-refractivity contribution in [3.8, 4) is 0 Å². The summed E-state index contributed by atoms with van der Waals surface area (Å²) in [6.45, 7) is 1.08. The maximum atomic E-state index is 11.9. The molecule has 166 valence electrons. The average molecular weight is 479 g/mol. The number of hydrogen-bond acceptors (Lipinski definition) is 10. The van der Waals surface area contributed by atoms with E-state index in [0.717, 1.165) is 0 Å². The summed E-state index contributed by atoms with van der Waals surface area (Å²) in [4.78, 5) is 51.3. The Morgan fingerprint density at radius 2 is 1.93 bits per heavy atom. The van der Waals surface area contributed by atoms with Gasteiger partial charge in [-0.2, -0.15) is 13.6 Å². The van der Waals surface area contributed by atoms with Crippen LogP contribution in [0, 0.1) is 0 Å². The fourth-order valence-corrected chi connectivity index (χ4v) is 5.70. The highest BCUT2D eigenvalue weighted by Gasteiger charge is 2.45. The molecule has 0 spiro atoms. The zero-order chi connectivity index (χ0) is 22.1. The van der Waals surface area contributed by atoms with Crippen LogP contribution < -0.4 is 11.4 Å². The highest BCUT2D eigenvalue weighted by atomic mass is 31.3. The van der Waals surface area contributed by atoms with Crippen LogP contribution in [-0.2, 0) is 31.6 Å². The predicted octanol–water partition coefficient (Wildman–Crippen LogP) is 0.627. The van der Waals surface area contributed by atoms with Gasteiger partial charge in [-0.3, -0.25) is 9.09 Å². The number of hydrogen-bond donors (Lipinski definition) is 5. The van der Waals surface area contributed by atoms with Crippen molar-refractivity contribution in [3.05, 3.63) is 22.7 Å². The Kier molecular flexibility index (Phi) is 7.26. The van der Waals surface area contributed by atoms with E-state index in [9.17, 15) is 23.4 Å². The normalized spacial score (nSPS) is 26.7. The average Bonchev–Trinajstić information content (AvgIpc) is 2.94. The zero-order valence-electron chi connectivity index (χ0n) is 14.9. The number of nitrogens with two attached hydrogens (primary N) is 1. The van der Waals surface area contributed by atoms with Crippen molar-refractivity contribution in [2.24, 2.45) is 0 Å². The Labute approximate surface area is 163 Å². The minimum Gasteiger partial charge on any atom is -0.383 e. The number of ether oxygens (including phenoxy) is 1. The van der Waals surface area contributed by atoms with Crippen LogP contribution in [-0.4, -0.2) is 41.3 Å². The quantitative estimate of drug-likeness (QED) is 0.306. The molecule has 2 heterocycles. The minimum absolute atomic E-state index is 0.0265. The SMILES string of the molecule is CC[C@@]1(COP(=O)(O)OP(=O)(O)OP(=O)(O)O)CC[C@H](n2ccc(N)nc2=O)O1. The lowest BCUT2D eigenvalue weighted by Gasteiger charge is -2.29. The van der Waals surface area contributed by atoms with E-state index in [1.165, 1.54) is 16.8 Å². The summed E-state index contributed by atoms with van der Waals surface area (Å²) < 4.78 is 52.8. The Morgan fingerprint density at radius 3 is 2.48 bits per heavy atom. The molecule has 1 aromatic rings. The molecule has 0 aliphatic carbocycles. The van der Waals surface area contributed by atoms with Crippen LogP contribution in [0.25, 0.3) is 0 Å². The summed E-state index contributed by atoms with van der Waals surface area (Å²) in [5.41, 5.74) is 3.62. The van der Waals surface area contributed by atoms with E-state index in [2.05, 4.69) is 18.1 Å². The van der Waals surface area contributed by atoms with E-state index < -0.39 is 47.6 Å². The van der Waals surface area contributed by atoms with Crippen molar-refractivity contribution >= 4 is 29.3 Å². The van der Waals surface area contributed by atoms with Gasteiger partial charge in [0.1, 0.15) is 12.0 Å². The van der Waals surface area contributed by atoms with Crippen LogP contribution in [0.1, 0.15) is 32.4 Å². The third-order valence-corrected chi connectivity index (χ3v) is 7.73. The first-order valence-corrected chi connectivity index (χ1v) is 12.5. The number of phosphoric acid groups is 3. The smallest absolute Gasteiger partial charge is 0.383 e. The molecule has 0 saturated carbocycles. The highest BCUT2D eigenvalue weighted by molar-refractivity contribution is 7.66. The minimum atomic E-state index is -5.61. The van der Waals surface area contributed by atoms with Crippen molar-refractivity contribution in [1.29, 1.82) is 0 Å². The van der Waals surface area contributed by atoms with Crippen molar-refractivity contribution in [2.75, 3.05) is 12.3 Å². The van der Waals surface area contributed by atoms with Gasteiger partial charge in [0.15, 0.2) is 0 Å². The van der Waals surface area contributed by atoms with Crippen LogP contribution in [0.4, 0.5) is 5.82 Å². The standard InChI is InChI=1S/C11H20N3O12P3/c1-2-11(5-3-9(24-11)14-6-4-8(12)13-10(14)15)7-23-28(19,20)26-29(21,22)25-27(16,17)18/h4,6,9H,2-3,5,7H2,1H3,(H,19,20)(H,21,22)(H2,12,13,15)(H2,16,17,18)/t9-,11+/m1/s1. The van der Waals surface area contributed by atoms with Gasteiger partial charge in [0, 0.05) is 6.20 Å². The lowest BCUT2D eigenvalue weighted by atomic mass is 9.98. The summed E-state index contributed by atoms with van der Waals surface area (Å²) in [6, 6.07) is 1.39. The zero-order valence-corrected chi connectivity index (χ0v) is 17.6. The molecule has 1 aromatic heterocycles. The molecule has 1 fully saturated rings. The van der Waals surface area contributed by atoms with E-state index in [1.807, 2.05) is 0 Å². The lowest BCUT2D eigenvalue weighted by molar-refractivity contribution is -0.0991. The maximum Gasteiger partial charge on any atom is 0.490 e. The topological polar surface area (TPSA) is 230 Å². The summed E-state index contributed by atoms with van der Waals surface area (Å²) >= 11 is 0. The summed E-state index contributed by atoms with van der Waals surface area (Å²) in [5.74, 6) is 0.0265. The molecule has 0 radical (unpaired) electrons. The summed E-state index contributed by atoms with van der Waals surface area (Å²) in [6.07, 6.45) is 1.47. The Bertz CT molecular complexity index is 947. The van der Waals surface area contributed by atoms with Gasteiger partial charge in [-0.15, -0.1) is 0 Å². The van der Waals surface area contributed by atoms with Crippen molar-refractivity contribution < 1.29 is 51.2 Å². The fourth-order valence-electron chi connectivity index (χ4n) is 2.60. The summed E-state index contributed by atoms with van der Waals surface area (Å²) in [7, 11) is -16.4. The number of nitrogen functional groups attached to an aromatic ring is 1. The molecule has 1 aliphatic heterocycles. The number of anilines is 1. The molecular formula is C11H20N3O12P3. The lowest BCUT2D eigenvalue weighted by Crippen LogP contribution is -2.35. The molecule has 18 heteroatoms. The molecule has 2 rings (SSSR count). The molecule has 4 atom stereocenters. The van der Waals surface area contributed by atoms with Crippen LogP contribution in [0.3, 0.4) is 0 Å². The molecule has 1 saturated heterocycles. The second kappa shape index (κ2) is 8.66. The van der Waals surface area contributed by atoms with Gasteiger partial charge >= 0.3 is 29.2 Å². The van der Waals surface area contributed by atoms with E-state index >= 15 is 0 Å². The Hall–Kier alpha value is -0.950. The van der Waals surface area contributed by atoms with Gasteiger partial charge in [0.25, 0.3) is 0 Å². The van der Waals surface area contributed by atoms with Gasteiger partial charge < -0.3 is 30.0 Å².